The molecule has 0 radical (unpaired) electrons. The summed E-state index contributed by atoms with van der Waals surface area (Å²) in [6, 6.07) is 0.299. The molecule has 1 heterocycles. The molecule has 0 aromatic heterocycles. The molecule has 0 aromatic rings. The van der Waals surface area contributed by atoms with Gasteiger partial charge in [-0.15, -0.1) is 10.6 Å². The van der Waals surface area contributed by atoms with Gasteiger partial charge in [-0.1, -0.05) is 6.92 Å². The smallest absolute Gasteiger partial charge is 0.324 e. The largest absolute Gasteiger partial charge is 0.478 e. The van der Waals surface area contributed by atoms with Crippen molar-refractivity contribution in [2.45, 2.75) is 26.3 Å². The zero-order valence-corrected chi connectivity index (χ0v) is 7.07. The van der Waals surface area contributed by atoms with Gasteiger partial charge in [0.05, 0.1) is 6.04 Å². The zero-order chi connectivity index (χ0) is 8.43. The molecule has 0 aliphatic carbocycles. The zero-order valence-electron chi connectivity index (χ0n) is 7.07. The Morgan fingerprint density at radius 2 is 2.36 bits per heavy atom. The number of aliphatic hydroxyl groups is 1. The van der Waals surface area contributed by atoms with Crippen molar-refractivity contribution < 1.29 is 5.11 Å². The number of rotatable bonds is 2. The lowest BCUT2D eigenvalue weighted by Crippen LogP contribution is -2.43. The van der Waals surface area contributed by atoms with Gasteiger partial charge in [0.2, 0.25) is 0 Å². The molecule has 1 unspecified atom stereocenters. The minimum absolute atomic E-state index is 0.00491. The first-order valence-electron chi connectivity index (χ1n) is 3.72. The summed E-state index contributed by atoms with van der Waals surface area (Å²) in [5.41, 5.74) is 2.87. The summed E-state index contributed by atoms with van der Waals surface area (Å²) in [6.07, 6.45) is 0.984. The van der Waals surface area contributed by atoms with Crippen LogP contribution < -0.4 is 5.53 Å². The van der Waals surface area contributed by atoms with Gasteiger partial charge in [0.25, 0.3) is 0 Å². The molecule has 64 valence electrons. The van der Waals surface area contributed by atoms with Crippen LogP contribution in [0.3, 0.4) is 0 Å². The van der Waals surface area contributed by atoms with Gasteiger partial charge in [0.1, 0.15) is 0 Å². The lowest BCUT2D eigenvalue weighted by atomic mass is 10.3. The van der Waals surface area contributed by atoms with Crippen molar-refractivity contribution >= 4 is 6.02 Å². The van der Waals surface area contributed by atoms with Crippen LogP contribution in [0.1, 0.15) is 20.3 Å². The van der Waals surface area contributed by atoms with Crippen molar-refractivity contribution in [2.75, 3.05) is 7.05 Å². The Balaban J connectivity index is 2.53. The minimum atomic E-state index is 0.00491. The predicted molar refractivity (Wildman–Crippen MR) is 42.6 cm³/mol. The first-order chi connectivity index (χ1) is 5.15. The van der Waals surface area contributed by atoms with Gasteiger partial charge < -0.3 is 5.11 Å². The molecule has 0 saturated heterocycles. The maximum absolute atomic E-state index is 9.08. The highest BCUT2D eigenvalue weighted by Gasteiger charge is 2.21. The van der Waals surface area contributed by atoms with Gasteiger partial charge in [-0.25, -0.2) is 10.1 Å². The van der Waals surface area contributed by atoms with Gasteiger partial charge in [-0.2, -0.15) is 0 Å². The lowest BCUT2D eigenvalue weighted by molar-refractivity contribution is 0.0835. The number of amidine groups is 1. The second-order valence-corrected chi connectivity index (χ2v) is 2.66. The molecule has 1 rings (SSSR count). The third-order valence-corrected chi connectivity index (χ3v) is 1.76. The Hall–Kier alpha value is -0.970. The van der Waals surface area contributed by atoms with Crippen LogP contribution in [0.2, 0.25) is 0 Å². The standard InChI is InChI=1S/C6H14N4O/c1-4-5(2)10-7-6(11)9(3)8-10/h5,8H,4H2,1-3H3,(H,7,11). The van der Waals surface area contributed by atoms with Crippen molar-refractivity contribution in [1.82, 2.24) is 15.7 Å². The Kier molecular flexibility index (Phi) is 2.19. The van der Waals surface area contributed by atoms with E-state index in [2.05, 4.69) is 17.6 Å². The van der Waals surface area contributed by atoms with Crippen LogP contribution in [-0.4, -0.2) is 34.3 Å². The normalized spacial score (nSPS) is 20.5. The van der Waals surface area contributed by atoms with Gasteiger partial charge in [0, 0.05) is 7.05 Å². The fraction of sp³-hybridized carbons (Fsp3) is 0.833. The van der Waals surface area contributed by atoms with E-state index in [-0.39, 0.29) is 6.02 Å². The maximum atomic E-state index is 9.08. The van der Waals surface area contributed by atoms with Crippen LogP contribution in [0.15, 0.2) is 5.10 Å². The van der Waals surface area contributed by atoms with E-state index >= 15 is 0 Å². The van der Waals surface area contributed by atoms with E-state index in [0.717, 1.165) is 6.42 Å². The minimum Gasteiger partial charge on any atom is -0.478 e. The molecule has 0 saturated carbocycles. The van der Waals surface area contributed by atoms with Gasteiger partial charge in [-0.3, -0.25) is 0 Å². The van der Waals surface area contributed by atoms with Crippen molar-refractivity contribution in [3.63, 3.8) is 0 Å². The topological polar surface area (TPSA) is 51.1 Å². The highest BCUT2D eigenvalue weighted by Crippen LogP contribution is 2.05. The SMILES string of the molecule is CCC(C)N1N=C(O)N(C)N1. The van der Waals surface area contributed by atoms with E-state index in [1.165, 1.54) is 5.01 Å². The number of nitrogens with zero attached hydrogens (tertiary/aromatic N) is 3. The number of hydrogen-bond donors (Lipinski definition) is 2. The summed E-state index contributed by atoms with van der Waals surface area (Å²) >= 11 is 0. The van der Waals surface area contributed by atoms with E-state index in [1.54, 1.807) is 12.2 Å². The summed E-state index contributed by atoms with van der Waals surface area (Å²) in [4.78, 5) is 0. The lowest BCUT2D eigenvalue weighted by Gasteiger charge is -2.21. The molecule has 0 aromatic carbocycles. The Bertz CT molecular complexity index is 170. The Morgan fingerprint density at radius 1 is 1.73 bits per heavy atom. The third-order valence-electron chi connectivity index (χ3n) is 1.76. The van der Waals surface area contributed by atoms with E-state index in [9.17, 15) is 0 Å². The van der Waals surface area contributed by atoms with Crippen LogP contribution in [0, 0.1) is 0 Å². The van der Waals surface area contributed by atoms with Crippen molar-refractivity contribution in [1.29, 1.82) is 0 Å². The van der Waals surface area contributed by atoms with Crippen molar-refractivity contribution in [3.8, 4) is 0 Å². The molecule has 0 spiro atoms. The van der Waals surface area contributed by atoms with Gasteiger partial charge in [-0.05, 0) is 13.3 Å². The predicted octanol–water partition coefficient (Wildman–Crippen LogP) is 0.281. The first kappa shape index (κ1) is 8.13. The maximum Gasteiger partial charge on any atom is 0.324 e. The van der Waals surface area contributed by atoms with Gasteiger partial charge in [0.15, 0.2) is 0 Å². The van der Waals surface area contributed by atoms with E-state index < -0.39 is 0 Å². The van der Waals surface area contributed by atoms with Crippen LogP contribution in [-0.2, 0) is 0 Å². The van der Waals surface area contributed by atoms with Crippen LogP contribution >= 0.6 is 0 Å². The highest BCUT2D eigenvalue weighted by atomic mass is 16.3. The van der Waals surface area contributed by atoms with Crippen LogP contribution in [0.25, 0.3) is 0 Å². The third kappa shape index (κ3) is 1.54. The number of aliphatic hydroxyl groups excluding tert-OH is 1. The summed E-state index contributed by atoms with van der Waals surface area (Å²) in [5.74, 6) is 0. The summed E-state index contributed by atoms with van der Waals surface area (Å²) in [6.45, 7) is 4.10. The van der Waals surface area contributed by atoms with Crippen LogP contribution in [0.5, 0.6) is 0 Å². The molecular formula is C6H14N4O. The molecule has 11 heavy (non-hydrogen) atoms. The molecule has 0 amide bonds. The van der Waals surface area contributed by atoms with Crippen LogP contribution in [0.4, 0.5) is 0 Å². The molecule has 1 aliphatic rings. The fourth-order valence-electron chi connectivity index (χ4n) is 0.754. The second kappa shape index (κ2) is 2.96. The number of hydrazone groups is 1. The van der Waals surface area contributed by atoms with E-state index in [4.69, 9.17) is 5.11 Å². The Labute approximate surface area is 66.2 Å². The first-order valence-corrected chi connectivity index (χ1v) is 3.72. The molecule has 5 heteroatoms. The molecule has 0 fully saturated rings. The van der Waals surface area contributed by atoms with E-state index in [1.807, 2.05) is 6.92 Å². The number of hydrogen-bond acceptors (Lipinski definition) is 4. The molecule has 2 N–H and O–H groups in total. The fourth-order valence-corrected chi connectivity index (χ4v) is 0.754. The summed E-state index contributed by atoms with van der Waals surface area (Å²) in [5, 5.41) is 16.0. The van der Waals surface area contributed by atoms with Gasteiger partial charge >= 0.3 is 6.02 Å². The molecule has 0 bridgehead atoms. The highest BCUT2D eigenvalue weighted by molar-refractivity contribution is 5.71. The Morgan fingerprint density at radius 3 is 2.73 bits per heavy atom. The quantitative estimate of drug-likeness (QED) is 0.606. The summed E-state index contributed by atoms with van der Waals surface area (Å²) < 4.78 is 0. The monoisotopic (exact) mass is 158 g/mol. The average molecular weight is 158 g/mol. The van der Waals surface area contributed by atoms with Crippen molar-refractivity contribution in [2.24, 2.45) is 5.10 Å². The second-order valence-electron chi connectivity index (χ2n) is 2.66. The molecule has 5 nitrogen and oxygen atoms in total. The van der Waals surface area contributed by atoms with Crippen molar-refractivity contribution in [3.05, 3.63) is 0 Å². The number of nitrogens with one attached hydrogen (secondary N) is 1. The average Bonchev–Trinajstić information content (AvgIpc) is 2.31. The molecular weight excluding hydrogens is 144 g/mol. The summed E-state index contributed by atoms with van der Waals surface area (Å²) in [7, 11) is 1.71. The molecule has 1 atom stereocenters. The van der Waals surface area contributed by atoms with E-state index in [0.29, 0.717) is 6.04 Å². The number of hydrazine groups is 2. The molecule has 1 aliphatic heterocycles.